The van der Waals surface area contributed by atoms with Gasteiger partial charge in [-0.25, -0.2) is 0 Å². The van der Waals surface area contributed by atoms with Crippen molar-refractivity contribution in [3.63, 3.8) is 0 Å². The van der Waals surface area contributed by atoms with Crippen molar-refractivity contribution in [3.8, 4) is 21.6 Å². The van der Waals surface area contributed by atoms with E-state index in [0.29, 0.717) is 19.5 Å². The maximum Gasteiger partial charge on any atom is 0.265 e. The fourth-order valence-corrected chi connectivity index (χ4v) is 12.2. The molecule has 0 unspecified atom stereocenters. The molecule has 1 aliphatic rings. The molecule has 0 spiro atoms. The predicted octanol–water partition coefficient (Wildman–Crippen LogP) is 10.8. The Hall–Kier alpha value is -3.86. The number of fused-ring (bicyclic) bond motifs is 4. The first kappa shape index (κ1) is 38.0. The largest absolute Gasteiger partial charge is 0.335 e. The fourth-order valence-electron chi connectivity index (χ4n) is 6.90. The van der Waals surface area contributed by atoms with Crippen molar-refractivity contribution >= 4 is 108 Å². The van der Waals surface area contributed by atoms with Crippen LogP contribution in [0.3, 0.4) is 0 Å². The molecule has 0 saturated heterocycles. The number of nitrogens with zero attached hydrogens (tertiary/aromatic N) is 2. The number of benzene rings is 4. The van der Waals surface area contributed by atoms with E-state index in [1.54, 1.807) is 45.8 Å². The second kappa shape index (κ2) is 15.6. The Labute approximate surface area is 336 Å². The third-order valence-electron chi connectivity index (χ3n) is 9.56. The first-order valence-corrected chi connectivity index (χ1v) is 24.3. The summed E-state index contributed by atoms with van der Waals surface area (Å²) in [4.78, 5) is 4.36. The second-order valence-electron chi connectivity index (χ2n) is 13.3. The van der Waals surface area contributed by atoms with Crippen LogP contribution in [0.1, 0.15) is 31.2 Å². The lowest BCUT2D eigenvalue weighted by Gasteiger charge is -2.21. The summed E-state index contributed by atoms with van der Waals surface area (Å²) < 4.78 is 71.7. The topological polar surface area (TPSA) is 116 Å². The van der Waals surface area contributed by atoms with Gasteiger partial charge in [0.15, 0.2) is 6.54 Å². The average Bonchev–Trinajstić information content (AvgIpc) is 3.93. The molecule has 0 amide bonds. The van der Waals surface area contributed by atoms with Crippen LogP contribution in [0.15, 0.2) is 118 Å². The minimum absolute atomic E-state index is 0.249. The molecule has 7 aromatic rings. The van der Waals surface area contributed by atoms with E-state index in [-0.39, 0.29) is 24.3 Å². The molecule has 0 aliphatic carbocycles. The van der Waals surface area contributed by atoms with Crippen LogP contribution in [0, 0.1) is 0 Å². The molecule has 1 aliphatic heterocycles. The molecular weight excluding hydrogens is 809 g/mol. The molecule has 8 rings (SSSR count). The number of rotatable bonds is 13. The van der Waals surface area contributed by atoms with E-state index in [1.165, 1.54) is 20.2 Å². The number of hydrogen-bond donors (Lipinski definition) is 2. The summed E-state index contributed by atoms with van der Waals surface area (Å²) in [5.41, 5.74) is 6.34. The second-order valence-corrected chi connectivity index (χ2v) is 20.6. The van der Waals surface area contributed by atoms with Crippen LogP contribution in [0.25, 0.3) is 58.0 Å². The third-order valence-corrected chi connectivity index (χ3v) is 15.5. The number of anilines is 1. The quantitative estimate of drug-likeness (QED) is 0.0871. The number of thioether (sulfide) groups is 1. The number of allylic oxidation sites excluding steroid dienone is 2. The molecule has 2 N–H and O–H groups in total. The van der Waals surface area contributed by atoms with Gasteiger partial charge < -0.3 is 4.90 Å². The summed E-state index contributed by atoms with van der Waals surface area (Å²) >= 11 is 6.71. The summed E-state index contributed by atoms with van der Waals surface area (Å²) in [6.45, 7) is 2.89. The SMILES string of the molecule is CCC(/C=C1\Sc2ccc(-c3cc4ccccc4s3)cc2N1CCCS(=O)(=O)O)=C\c1sc2ccc(-c3csc4ccccc34)cc2[n+]1CCCS(=O)(=O)O. The first-order valence-electron chi connectivity index (χ1n) is 17.8. The summed E-state index contributed by atoms with van der Waals surface area (Å²) in [5, 5.41) is 6.46. The molecule has 0 saturated carbocycles. The molecule has 4 aromatic carbocycles. The minimum Gasteiger partial charge on any atom is -0.335 e. The summed E-state index contributed by atoms with van der Waals surface area (Å²) in [6, 6.07) is 31.7. The molecule has 8 nitrogen and oxygen atoms in total. The van der Waals surface area contributed by atoms with E-state index >= 15 is 0 Å². The fraction of sp³-hybridized carbons (Fsp3) is 0.195. The van der Waals surface area contributed by atoms with Gasteiger partial charge in [0.2, 0.25) is 5.52 Å². The molecule has 0 bridgehead atoms. The van der Waals surface area contributed by atoms with Gasteiger partial charge in [-0.05, 0) is 82.8 Å². The van der Waals surface area contributed by atoms with Crippen molar-refractivity contribution in [3.05, 3.63) is 118 Å². The smallest absolute Gasteiger partial charge is 0.265 e. The van der Waals surface area contributed by atoms with Gasteiger partial charge in [0.05, 0.1) is 22.2 Å². The Morgan fingerprint density at radius 3 is 2.33 bits per heavy atom. The molecule has 282 valence electrons. The molecule has 55 heavy (non-hydrogen) atoms. The lowest BCUT2D eigenvalue weighted by atomic mass is 10.0. The first-order chi connectivity index (χ1) is 26.4. The number of hydrogen-bond acceptors (Lipinski definition) is 9. The highest BCUT2D eigenvalue weighted by atomic mass is 32.2. The van der Waals surface area contributed by atoms with Crippen LogP contribution < -0.4 is 9.47 Å². The monoisotopic (exact) mass is 845 g/mol. The van der Waals surface area contributed by atoms with E-state index in [1.807, 2.05) is 24.3 Å². The summed E-state index contributed by atoms with van der Waals surface area (Å²) in [7, 11) is -8.25. The molecule has 0 radical (unpaired) electrons. The maximum atomic E-state index is 11.7. The van der Waals surface area contributed by atoms with Crippen LogP contribution in [0.4, 0.5) is 5.69 Å². The van der Waals surface area contributed by atoms with Crippen molar-refractivity contribution in [2.45, 2.75) is 37.6 Å². The lowest BCUT2D eigenvalue weighted by molar-refractivity contribution is -0.668. The molecule has 0 fully saturated rings. The third kappa shape index (κ3) is 8.47. The molecule has 0 atom stereocenters. The van der Waals surface area contributed by atoms with Crippen molar-refractivity contribution in [2.24, 2.45) is 0 Å². The normalized spacial score (nSPS) is 14.6. The van der Waals surface area contributed by atoms with Crippen LogP contribution in [0.2, 0.25) is 0 Å². The Balaban J connectivity index is 1.18. The van der Waals surface area contributed by atoms with Crippen molar-refractivity contribution in [2.75, 3.05) is 23.0 Å². The van der Waals surface area contributed by atoms with Crippen LogP contribution in [-0.4, -0.2) is 44.0 Å². The van der Waals surface area contributed by atoms with Gasteiger partial charge >= 0.3 is 0 Å². The molecule has 4 heterocycles. The van der Waals surface area contributed by atoms with Gasteiger partial charge in [-0.2, -0.15) is 21.4 Å². The Bertz CT molecular complexity index is 2840. The number of thiophene rings is 2. The van der Waals surface area contributed by atoms with Gasteiger partial charge in [-0.1, -0.05) is 78.6 Å². The highest BCUT2D eigenvalue weighted by Crippen LogP contribution is 2.49. The Kier molecular flexibility index (Phi) is 10.8. The predicted molar refractivity (Wildman–Crippen MR) is 232 cm³/mol. The van der Waals surface area contributed by atoms with Gasteiger partial charge in [-0.3, -0.25) is 9.11 Å². The van der Waals surface area contributed by atoms with Crippen LogP contribution in [-0.2, 0) is 26.8 Å². The minimum atomic E-state index is -4.13. The van der Waals surface area contributed by atoms with Crippen molar-refractivity contribution in [1.29, 1.82) is 0 Å². The average molecular weight is 846 g/mol. The number of aromatic nitrogens is 1. The van der Waals surface area contributed by atoms with E-state index in [2.05, 4.69) is 101 Å². The van der Waals surface area contributed by atoms with E-state index in [4.69, 9.17) is 0 Å². The standard InChI is InChI=1S/C41H36N2O6S6/c1-2-27(21-40-42(17-7-19-54(44,45)46)33-23-28(13-15-37(33)52-40)32-26-50-36-12-6-4-10-31(32)36)22-41-43(18-8-20-55(47,48)49)34-24-30(14-16-38(34)53-41)39-25-29-9-3-5-11-35(29)51-39/h3-6,9-16,21-26H,2,7-8,17-20H2,1H3,(H-,44,45,46,47,48,49)/p+1. The highest BCUT2D eigenvalue weighted by molar-refractivity contribution is 8.03. The van der Waals surface area contributed by atoms with Crippen LogP contribution >= 0.6 is 45.8 Å². The lowest BCUT2D eigenvalue weighted by Crippen LogP contribution is -2.36. The van der Waals surface area contributed by atoms with E-state index < -0.39 is 20.2 Å². The van der Waals surface area contributed by atoms with E-state index in [0.717, 1.165) is 58.0 Å². The maximum absolute atomic E-state index is 11.7. The number of thiazole rings is 1. The zero-order valence-electron chi connectivity index (χ0n) is 29.7. The Morgan fingerprint density at radius 2 is 1.55 bits per heavy atom. The molecule has 14 heteroatoms. The van der Waals surface area contributed by atoms with Crippen molar-refractivity contribution < 1.29 is 30.5 Å². The van der Waals surface area contributed by atoms with Gasteiger partial charge in [0.25, 0.3) is 25.2 Å². The van der Waals surface area contributed by atoms with Gasteiger partial charge in [0.1, 0.15) is 4.70 Å². The summed E-state index contributed by atoms with van der Waals surface area (Å²) in [6.07, 6.45) is 5.50. The molecule has 3 aromatic heterocycles. The van der Waals surface area contributed by atoms with E-state index in [9.17, 15) is 25.9 Å². The van der Waals surface area contributed by atoms with Crippen molar-refractivity contribution in [1.82, 2.24) is 0 Å². The zero-order valence-corrected chi connectivity index (χ0v) is 34.6. The van der Waals surface area contributed by atoms with Gasteiger partial charge in [0, 0.05) is 55.2 Å². The summed E-state index contributed by atoms with van der Waals surface area (Å²) in [5.74, 6) is -0.672. The highest BCUT2D eigenvalue weighted by Gasteiger charge is 2.27. The van der Waals surface area contributed by atoms with Crippen LogP contribution in [0.5, 0.6) is 0 Å². The van der Waals surface area contributed by atoms with Gasteiger partial charge in [-0.15, -0.1) is 22.7 Å². The Morgan fingerprint density at radius 1 is 0.800 bits per heavy atom. The number of aryl methyl sites for hydroxylation is 1. The zero-order chi connectivity index (χ0) is 38.3. The molecular formula is C41H37N2O6S6+.